The van der Waals surface area contributed by atoms with E-state index in [1.165, 1.54) is 0 Å². The van der Waals surface area contributed by atoms with Gasteiger partial charge in [0.2, 0.25) is 5.91 Å². The van der Waals surface area contributed by atoms with E-state index in [1.54, 1.807) is 11.8 Å². The predicted octanol–water partition coefficient (Wildman–Crippen LogP) is -0.814. The zero-order valence-corrected chi connectivity index (χ0v) is 10.1. The number of carbonyl (C=O) groups is 2. The number of aromatic amines is 1. The molecule has 94 valence electrons. The lowest BCUT2D eigenvalue weighted by molar-refractivity contribution is -0.132. The number of hydrogen-bond acceptors (Lipinski definition) is 5. The molecule has 17 heavy (non-hydrogen) atoms. The van der Waals surface area contributed by atoms with Crippen molar-refractivity contribution in [2.75, 3.05) is 13.1 Å². The Balaban J connectivity index is 2.57. The minimum absolute atomic E-state index is 0.0794. The minimum Gasteiger partial charge on any atom is -0.341 e. The molecule has 0 aromatic carbocycles. The molecule has 1 rings (SSSR count). The topological polar surface area (TPSA) is 104 Å². The fourth-order valence-corrected chi connectivity index (χ4v) is 1.39. The molecule has 0 bridgehead atoms. The maximum Gasteiger partial charge on any atom is 0.293 e. The van der Waals surface area contributed by atoms with Gasteiger partial charge in [0.05, 0.1) is 0 Å². The second kappa shape index (κ2) is 5.92. The number of aromatic nitrogens is 4. The molecule has 0 aliphatic carbocycles. The molecule has 0 radical (unpaired) electrons. The summed E-state index contributed by atoms with van der Waals surface area (Å²) >= 11 is 0. The maximum atomic E-state index is 11.9. The van der Waals surface area contributed by atoms with E-state index in [0.29, 0.717) is 13.1 Å². The van der Waals surface area contributed by atoms with E-state index < -0.39 is 11.9 Å². The van der Waals surface area contributed by atoms with Crippen molar-refractivity contribution in [3.8, 4) is 0 Å². The zero-order valence-electron chi connectivity index (χ0n) is 10.1. The molecule has 2 amide bonds. The third-order valence-corrected chi connectivity index (χ3v) is 2.34. The fourth-order valence-electron chi connectivity index (χ4n) is 1.39. The molecule has 1 unspecified atom stereocenters. The molecule has 0 aliphatic rings. The lowest BCUT2D eigenvalue weighted by atomic mass is 10.2. The molecular formula is C9H16N6O2. The Morgan fingerprint density at radius 1 is 1.41 bits per heavy atom. The summed E-state index contributed by atoms with van der Waals surface area (Å²) in [6, 6.07) is -0.610. The standard InChI is InChI=1S/C9H16N6O2/c1-4-15(5-2)9(17)6(3)10-8(16)7-11-13-14-12-7/h6H,4-5H2,1-3H3,(H,10,16)(H,11,12,13,14). The first kappa shape index (κ1) is 13.1. The van der Waals surface area contributed by atoms with E-state index in [2.05, 4.69) is 25.9 Å². The number of amides is 2. The van der Waals surface area contributed by atoms with Gasteiger partial charge < -0.3 is 10.2 Å². The highest BCUT2D eigenvalue weighted by molar-refractivity contribution is 5.94. The number of hydrogen-bond donors (Lipinski definition) is 2. The van der Waals surface area contributed by atoms with Gasteiger partial charge in [-0.1, -0.05) is 0 Å². The molecule has 1 heterocycles. The largest absolute Gasteiger partial charge is 0.341 e. The Morgan fingerprint density at radius 3 is 2.53 bits per heavy atom. The van der Waals surface area contributed by atoms with Gasteiger partial charge in [-0.3, -0.25) is 9.59 Å². The van der Waals surface area contributed by atoms with Crippen LogP contribution in [0.4, 0.5) is 0 Å². The van der Waals surface area contributed by atoms with Gasteiger partial charge in [-0.25, -0.2) is 0 Å². The molecule has 8 heteroatoms. The number of carbonyl (C=O) groups excluding carboxylic acids is 2. The molecular weight excluding hydrogens is 224 g/mol. The average molecular weight is 240 g/mol. The van der Waals surface area contributed by atoms with Gasteiger partial charge in [0.1, 0.15) is 6.04 Å². The summed E-state index contributed by atoms with van der Waals surface area (Å²) in [6.45, 7) is 6.61. The monoisotopic (exact) mass is 240 g/mol. The highest BCUT2D eigenvalue weighted by atomic mass is 16.2. The third kappa shape index (κ3) is 3.23. The van der Waals surface area contributed by atoms with Crippen LogP contribution in [-0.4, -0.2) is 56.5 Å². The predicted molar refractivity (Wildman–Crippen MR) is 59.0 cm³/mol. The molecule has 0 fully saturated rings. The highest BCUT2D eigenvalue weighted by Gasteiger charge is 2.21. The van der Waals surface area contributed by atoms with E-state index in [4.69, 9.17) is 0 Å². The Labute approximate surface area is 98.8 Å². The first-order chi connectivity index (χ1) is 8.10. The van der Waals surface area contributed by atoms with E-state index in [9.17, 15) is 9.59 Å². The van der Waals surface area contributed by atoms with Crippen molar-refractivity contribution < 1.29 is 9.59 Å². The van der Waals surface area contributed by atoms with Crippen molar-refractivity contribution in [2.24, 2.45) is 0 Å². The molecule has 8 nitrogen and oxygen atoms in total. The van der Waals surface area contributed by atoms with Crippen molar-refractivity contribution in [1.29, 1.82) is 0 Å². The number of nitrogens with one attached hydrogen (secondary N) is 2. The number of H-pyrrole nitrogens is 1. The van der Waals surface area contributed by atoms with Gasteiger partial charge in [-0.15, -0.1) is 10.2 Å². The van der Waals surface area contributed by atoms with Crippen molar-refractivity contribution in [3.05, 3.63) is 5.82 Å². The lowest BCUT2D eigenvalue weighted by Crippen LogP contribution is -2.47. The van der Waals surface area contributed by atoms with E-state index in [-0.39, 0.29) is 11.7 Å². The van der Waals surface area contributed by atoms with Crippen molar-refractivity contribution >= 4 is 11.8 Å². The van der Waals surface area contributed by atoms with Crippen LogP contribution in [0.2, 0.25) is 0 Å². The first-order valence-corrected chi connectivity index (χ1v) is 5.43. The normalized spacial score (nSPS) is 11.9. The second-order valence-electron chi connectivity index (χ2n) is 3.44. The van der Waals surface area contributed by atoms with Gasteiger partial charge in [0, 0.05) is 13.1 Å². The molecule has 0 saturated heterocycles. The fraction of sp³-hybridized carbons (Fsp3) is 0.667. The molecule has 1 aromatic heterocycles. The van der Waals surface area contributed by atoms with E-state index in [1.807, 2.05) is 13.8 Å². The molecule has 0 aliphatic heterocycles. The van der Waals surface area contributed by atoms with Gasteiger partial charge >= 0.3 is 0 Å². The van der Waals surface area contributed by atoms with Crippen LogP contribution in [-0.2, 0) is 4.79 Å². The number of tetrazole rings is 1. The first-order valence-electron chi connectivity index (χ1n) is 5.43. The van der Waals surface area contributed by atoms with Gasteiger partial charge in [-0.05, 0) is 26.0 Å². The SMILES string of the molecule is CCN(CC)C(=O)C(C)NC(=O)c1nn[nH]n1. The Bertz CT molecular complexity index is 373. The average Bonchev–Trinajstić information content (AvgIpc) is 2.83. The van der Waals surface area contributed by atoms with Crippen LogP contribution in [0.3, 0.4) is 0 Å². The summed E-state index contributed by atoms with van der Waals surface area (Å²) in [5.41, 5.74) is 0. The zero-order chi connectivity index (χ0) is 12.8. The number of rotatable bonds is 5. The van der Waals surface area contributed by atoms with Crippen LogP contribution >= 0.6 is 0 Å². The summed E-state index contributed by atoms with van der Waals surface area (Å²) in [4.78, 5) is 25.1. The Kier molecular flexibility index (Phi) is 4.56. The maximum absolute atomic E-state index is 11.9. The Hall–Kier alpha value is -1.99. The summed E-state index contributed by atoms with van der Waals surface area (Å²) in [5.74, 6) is -0.734. The van der Waals surface area contributed by atoms with Crippen molar-refractivity contribution in [3.63, 3.8) is 0 Å². The Morgan fingerprint density at radius 2 is 2.06 bits per heavy atom. The highest BCUT2D eigenvalue weighted by Crippen LogP contribution is 1.96. The van der Waals surface area contributed by atoms with Gasteiger partial charge in [-0.2, -0.15) is 5.21 Å². The molecule has 0 spiro atoms. The molecule has 0 saturated carbocycles. The van der Waals surface area contributed by atoms with Crippen LogP contribution < -0.4 is 5.32 Å². The van der Waals surface area contributed by atoms with Crippen LogP contribution in [0, 0.1) is 0 Å². The number of nitrogens with zero attached hydrogens (tertiary/aromatic N) is 4. The van der Waals surface area contributed by atoms with Gasteiger partial charge in [0.25, 0.3) is 11.7 Å². The number of likely N-dealkylation sites (N-methyl/N-ethyl adjacent to an activating group) is 1. The lowest BCUT2D eigenvalue weighted by Gasteiger charge is -2.22. The third-order valence-electron chi connectivity index (χ3n) is 2.34. The van der Waals surface area contributed by atoms with Crippen LogP contribution in [0.25, 0.3) is 0 Å². The smallest absolute Gasteiger partial charge is 0.293 e. The molecule has 1 atom stereocenters. The summed E-state index contributed by atoms with van der Waals surface area (Å²) in [7, 11) is 0. The van der Waals surface area contributed by atoms with Gasteiger partial charge in [0.15, 0.2) is 0 Å². The molecule has 2 N–H and O–H groups in total. The van der Waals surface area contributed by atoms with Crippen molar-refractivity contribution in [1.82, 2.24) is 30.8 Å². The summed E-state index contributed by atoms with van der Waals surface area (Å²) in [6.07, 6.45) is 0. The van der Waals surface area contributed by atoms with Crippen LogP contribution in [0.5, 0.6) is 0 Å². The van der Waals surface area contributed by atoms with Crippen LogP contribution in [0.1, 0.15) is 31.4 Å². The summed E-state index contributed by atoms with van der Waals surface area (Å²) < 4.78 is 0. The molecule has 1 aromatic rings. The minimum atomic E-state index is -0.610. The van der Waals surface area contributed by atoms with E-state index >= 15 is 0 Å². The van der Waals surface area contributed by atoms with Crippen LogP contribution in [0.15, 0.2) is 0 Å². The van der Waals surface area contributed by atoms with Crippen molar-refractivity contribution in [2.45, 2.75) is 26.8 Å². The van der Waals surface area contributed by atoms with E-state index in [0.717, 1.165) is 0 Å². The second-order valence-corrected chi connectivity index (χ2v) is 3.44. The quantitative estimate of drug-likeness (QED) is 0.700. The summed E-state index contributed by atoms with van der Waals surface area (Å²) in [5, 5.41) is 15.0.